The first-order chi connectivity index (χ1) is 14.1. The van der Waals surface area contributed by atoms with Crippen LogP contribution in [0.4, 0.5) is 10.5 Å². The van der Waals surface area contributed by atoms with E-state index in [1.807, 2.05) is 45.9 Å². The molecule has 0 radical (unpaired) electrons. The average Bonchev–Trinajstić information content (AvgIpc) is 2.67. The Bertz CT molecular complexity index is 1030. The molecule has 7 heteroatoms. The zero-order valence-corrected chi connectivity index (χ0v) is 19.5. The minimum Gasteiger partial charge on any atom is -0.307 e. The highest BCUT2D eigenvalue weighted by atomic mass is 35.5. The molecule has 0 fully saturated rings. The van der Waals surface area contributed by atoms with Crippen molar-refractivity contribution in [3.05, 3.63) is 57.6 Å². The summed E-state index contributed by atoms with van der Waals surface area (Å²) in [4.78, 5) is 12.8. The predicted molar refractivity (Wildman–Crippen MR) is 122 cm³/mol. The average molecular weight is 449 g/mol. The number of aryl methyl sites for hydroxylation is 2. The van der Waals surface area contributed by atoms with Gasteiger partial charge >= 0.3 is 6.03 Å². The van der Waals surface area contributed by atoms with Crippen LogP contribution < -0.4 is 10.0 Å². The number of carbonyl (C=O) groups is 1. The number of sulfonamides is 1. The lowest BCUT2D eigenvalue weighted by atomic mass is 9.92. The van der Waals surface area contributed by atoms with Crippen LogP contribution in [0.1, 0.15) is 74.6 Å². The monoisotopic (exact) mass is 448 g/mol. The van der Waals surface area contributed by atoms with E-state index >= 15 is 0 Å². The number of halogens is 1. The minimum atomic E-state index is -3.98. The van der Waals surface area contributed by atoms with Crippen molar-refractivity contribution in [2.75, 3.05) is 5.32 Å². The molecule has 0 aliphatic heterocycles. The van der Waals surface area contributed by atoms with Crippen molar-refractivity contribution in [3.63, 3.8) is 0 Å². The fraction of sp³-hybridized carbons (Fsp3) is 0.435. The van der Waals surface area contributed by atoms with Crippen molar-refractivity contribution in [1.82, 2.24) is 4.72 Å². The van der Waals surface area contributed by atoms with Crippen LogP contribution in [0.3, 0.4) is 0 Å². The zero-order chi connectivity index (χ0) is 22.1. The van der Waals surface area contributed by atoms with E-state index in [0.717, 1.165) is 42.4 Å². The summed E-state index contributed by atoms with van der Waals surface area (Å²) in [5, 5.41) is 3.36. The largest absolute Gasteiger partial charge is 0.333 e. The number of anilines is 1. The van der Waals surface area contributed by atoms with Crippen LogP contribution in [0.15, 0.2) is 35.2 Å². The van der Waals surface area contributed by atoms with E-state index in [9.17, 15) is 13.2 Å². The number of nitrogens with one attached hydrogen (secondary N) is 2. The molecule has 0 unspecified atom stereocenters. The topological polar surface area (TPSA) is 75.3 Å². The quantitative estimate of drug-likeness (QED) is 0.591. The maximum Gasteiger partial charge on any atom is 0.333 e. The number of benzene rings is 2. The molecule has 0 aromatic heterocycles. The second-order valence-corrected chi connectivity index (χ2v) is 10.6. The number of urea groups is 1. The van der Waals surface area contributed by atoms with E-state index in [0.29, 0.717) is 10.7 Å². The van der Waals surface area contributed by atoms with Crippen molar-refractivity contribution in [2.24, 2.45) is 0 Å². The molecule has 0 spiro atoms. The molecule has 0 heterocycles. The number of fused-ring (bicyclic) bond motifs is 1. The lowest BCUT2D eigenvalue weighted by molar-refractivity contribution is 0.256. The Kier molecular flexibility index (Phi) is 6.78. The first-order valence-corrected chi connectivity index (χ1v) is 12.2. The molecule has 0 bridgehead atoms. The van der Waals surface area contributed by atoms with Crippen LogP contribution in [-0.4, -0.2) is 14.4 Å². The van der Waals surface area contributed by atoms with Gasteiger partial charge in [0.15, 0.2) is 0 Å². The third kappa shape index (κ3) is 4.98. The minimum absolute atomic E-state index is 0.105. The van der Waals surface area contributed by atoms with Crippen molar-refractivity contribution >= 4 is 33.3 Å². The summed E-state index contributed by atoms with van der Waals surface area (Å²) in [7, 11) is -3.98. The normalized spacial score (nSPS) is 14.0. The maximum atomic E-state index is 12.8. The van der Waals surface area contributed by atoms with Gasteiger partial charge in [0, 0.05) is 10.7 Å². The van der Waals surface area contributed by atoms with E-state index in [-0.39, 0.29) is 16.7 Å². The van der Waals surface area contributed by atoms with E-state index in [2.05, 4.69) is 10.0 Å². The van der Waals surface area contributed by atoms with Gasteiger partial charge in [-0.3, -0.25) is 0 Å². The number of rotatable bonds is 5. The summed E-state index contributed by atoms with van der Waals surface area (Å²) in [6.07, 6.45) is 4.01. The molecule has 162 valence electrons. The molecular formula is C23H29ClN2O3S. The maximum absolute atomic E-state index is 12.8. The number of carbonyl (C=O) groups excluding carboxylic acids is 1. The number of hydrogen-bond acceptors (Lipinski definition) is 3. The molecule has 2 aromatic rings. The van der Waals surface area contributed by atoms with Crippen LogP contribution in [0, 0.1) is 0 Å². The fourth-order valence-corrected chi connectivity index (χ4v) is 5.09. The highest BCUT2D eigenvalue weighted by Gasteiger charge is 2.23. The van der Waals surface area contributed by atoms with Gasteiger partial charge in [0.2, 0.25) is 0 Å². The first kappa shape index (κ1) is 22.6. The van der Waals surface area contributed by atoms with Gasteiger partial charge in [0.1, 0.15) is 0 Å². The third-order valence-electron chi connectivity index (χ3n) is 5.50. The zero-order valence-electron chi connectivity index (χ0n) is 17.9. The summed E-state index contributed by atoms with van der Waals surface area (Å²) in [5.74, 6) is 0.211. The molecule has 2 N–H and O–H groups in total. The highest BCUT2D eigenvalue weighted by molar-refractivity contribution is 7.90. The lowest BCUT2D eigenvalue weighted by Gasteiger charge is -2.21. The molecule has 2 amide bonds. The molecule has 2 aromatic carbocycles. The van der Waals surface area contributed by atoms with Crippen molar-refractivity contribution < 1.29 is 13.2 Å². The Morgan fingerprint density at radius 2 is 1.50 bits per heavy atom. The summed E-state index contributed by atoms with van der Waals surface area (Å²) >= 11 is 6.27. The second kappa shape index (κ2) is 8.98. The first-order valence-electron chi connectivity index (χ1n) is 10.4. The molecular weight excluding hydrogens is 420 g/mol. The van der Waals surface area contributed by atoms with Crippen LogP contribution in [0.2, 0.25) is 5.02 Å². The molecule has 0 atom stereocenters. The fourth-order valence-electron chi connectivity index (χ4n) is 3.90. The van der Waals surface area contributed by atoms with Crippen LogP contribution in [0.5, 0.6) is 0 Å². The van der Waals surface area contributed by atoms with E-state index < -0.39 is 16.1 Å². The predicted octanol–water partition coefficient (Wildman–Crippen LogP) is 5.98. The van der Waals surface area contributed by atoms with Gasteiger partial charge in [-0.2, -0.15) is 0 Å². The number of hydrogen-bond donors (Lipinski definition) is 2. The second-order valence-electron chi connectivity index (χ2n) is 8.47. The molecule has 0 saturated carbocycles. The van der Waals surface area contributed by atoms with Gasteiger partial charge in [-0.05, 0) is 84.0 Å². The standard InChI is InChI=1S/C23H29ClN2O3S/c1-14(2)20-12-18(24)13-21(15(3)4)22(20)25-23(27)26-30(28,29)19-10-9-16-7-5-6-8-17(16)11-19/h9-15H,5-8H2,1-4H3,(H2,25,26,27). The van der Waals surface area contributed by atoms with Gasteiger partial charge in [0.05, 0.1) is 4.90 Å². The van der Waals surface area contributed by atoms with Crippen LogP contribution >= 0.6 is 11.6 Å². The van der Waals surface area contributed by atoms with E-state index in [1.165, 1.54) is 5.56 Å². The Balaban J connectivity index is 1.87. The molecule has 0 saturated heterocycles. The summed E-state index contributed by atoms with van der Waals surface area (Å²) < 4.78 is 27.8. The molecule has 1 aliphatic carbocycles. The molecule has 3 rings (SSSR count). The van der Waals surface area contributed by atoms with Gasteiger partial charge in [-0.25, -0.2) is 17.9 Å². The summed E-state index contributed by atoms with van der Waals surface area (Å²) in [6, 6.07) is 7.96. The summed E-state index contributed by atoms with van der Waals surface area (Å²) in [5.41, 5.74) is 4.59. The van der Waals surface area contributed by atoms with Crippen molar-refractivity contribution in [2.45, 2.75) is 70.1 Å². The van der Waals surface area contributed by atoms with Crippen LogP contribution in [0.25, 0.3) is 0 Å². The SMILES string of the molecule is CC(C)c1cc(Cl)cc(C(C)C)c1NC(=O)NS(=O)(=O)c1ccc2c(c1)CCCC2. The van der Waals surface area contributed by atoms with Gasteiger partial charge in [-0.1, -0.05) is 45.4 Å². The van der Waals surface area contributed by atoms with Crippen molar-refractivity contribution in [3.8, 4) is 0 Å². The van der Waals surface area contributed by atoms with Gasteiger partial charge in [-0.15, -0.1) is 0 Å². The smallest absolute Gasteiger partial charge is 0.307 e. The van der Waals surface area contributed by atoms with Gasteiger partial charge in [0.25, 0.3) is 10.0 Å². The Hall–Kier alpha value is -2.05. The Morgan fingerprint density at radius 1 is 0.933 bits per heavy atom. The molecule has 30 heavy (non-hydrogen) atoms. The van der Waals surface area contributed by atoms with E-state index in [4.69, 9.17) is 11.6 Å². The third-order valence-corrected chi connectivity index (χ3v) is 7.05. The Morgan fingerprint density at radius 3 is 2.07 bits per heavy atom. The lowest BCUT2D eigenvalue weighted by Crippen LogP contribution is -2.35. The Labute approximate surface area is 184 Å². The highest BCUT2D eigenvalue weighted by Crippen LogP contribution is 2.35. The molecule has 5 nitrogen and oxygen atoms in total. The molecule has 1 aliphatic rings. The van der Waals surface area contributed by atoms with Crippen LogP contribution in [-0.2, 0) is 22.9 Å². The summed E-state index contributed by atoms with van der Waals surface area (Å²) in [6.45, 7) is 8.01. The van der Waals surface area contributed by atoms with Crippen molar-refractivity contribution in [1.29, 1.82) is 0 Å². The number of amides is 2. The van der Waals surface area contributed by atoms with Gasteiger partial charge < -0.3 is 5.32 Å². The van der Waals surface area contributed by atoms with E-state index in [1.54, 1.807) is 12.1 Å².